The highest BCUT2D eigenvalue weighted by Gasteiger charge is 2.21. The van der Waals surface area contributed by atoms with Gasteiger partial charge in [0.2, 0.25) is 11.0 Å². The molecule has 0 unspecified atom stereocenters. The smallest absolute Gasteiger partial charge is 0.221 e. The van der Waals surface area contributed by atoms with Crippen LogP contribution < -0.4 is 11.1 Å². The molecular formula is C18H22N6OS. The van der Waals surface area contributed by atoms with Crippen molar-refractivity contribution in [3.05, 3.63) is 57.9 Å². The fraction of sp³-hybridized carbons (Fsp3) is 0.333. The first-order valence-corrected chi connectivity index (χ1v) is 9.19. The van der Waals surface area contributed by atoms with Crippen molar-refractivity contribution in [3.8, 4) is 0 Å². The average Bonchev–Trinajstić information content (AvgIpc) is 3.15. The maximum Gasteiger partial charge on any atom is 0.221 e. The molecule has 3 N–H and O–H groups in total. The van der Waals surface area contributed by atoms with E-state index in [1.165, 1.54) is 11.3 Å². The maximum atomic E-state index is 12.6. The molecule has 8 heteroatoms. The van der Waals surface area contributed by atoms with Gasteiger partial charge in [-0.2, -0.15) is 5.10 Å². The Morgan fingerprint density at radius 2 is 2.00 bits per heavy atom. The van der Waals surface area contributed by atoms with Gasteiger partial charge in [0.05, 0.1) is 5.69 Å². The third-order valence-corrected chi connectivity index (χ3v) is 5.22. The number of nitrogens with zero attached hydrogens (tertiary/aromatic N) is 4. The minimum atomic E-state index is -0.352. The second-order valence-electron chi connectivity index (χ2n) is 6.16. The van der Waals surface area contributed by atoms with Gasteiger partial charge in [0.15, 0.2) is 0 Å². The Morgan fingerprint density at radius 3 is 2.58 bits per heavy atom. The molecule has 3 aromatic rings. The summed E-state index contributed by atoms with van der Waals surface area (Å²) in [6, 6.07) is 9.36. The first-order chi connectivity index (χ1) is 12.5. The van der Waals surface area contributed by atoms with Crippen LogP contribution in [0.1, 0.15) is 40.0 Å². The van der Waals surface area contributed by atoms with E-state index >= 15 is 0 Å². The first-order valence-electron chi connectivity index (χ1n) is 8.38. The number of nitrogens with one attached hydrogen (secondary N) is 1. The van der Waals surface area contributed by atoms with Crippen molar-refractivity contribution in [2.24, 2.45) is 7.05 Å². The van der Waals surface area contributed by atoms with Crippen molar-refractivity contribution < 1.29 is 4.79 Å². The average molecular weight is 370 g/mol. The van der Waals surface area contributed by atoms with Crippen molar-refractivity contribution in [2.75, 3.05) is 5.73 Å². The number of aryl methyl sites for hydroxylation is 2. The number of carbonyl (C=O) groups is 1. The fourth-order valence-electron chi connectivity index (χ4n) is 2.95. The number of benzene rings is 1. The molecule has 26 heavy (non-hydrogen) atoms. The van der Waals surface area contributed by atoms with Crippen LogP contribution in [0.3, 0.4) is 0 Å². The minimum Gasteiger partial charge on any atom is -0.374 e. The Bertz CT molecular complexity index is 902. The van der Waals surface area contributed by atoms with Crippen LogP contribution in [0.15, 0.2) is 30.3 Å². The van der Waals surface area contributed by atoms with Gasteiger partial charge in [-0.05, 0) is 31.4 Å². The van der Waals surface area contributed by atoms with Crippen LogP contribution in [-0.2, 0) is 18.3 Å². The summed E-state index contributed by atoms with van der Waals surface area (Å²) in [6.45, 7) is 3.99. The normalized spacial score (nSPS) is 12.1. The van der Waals surface area contributed by atoms with Gasteiger partial charge in [0.1, 0.15) is 11.0 Å². The monoisotopic (exact) mass is 370 g/mol. The van der Waals surface area contributed by atoms with E-state index in [1.807, 2.05) is 55.9 Å². The highest BCUT2D eigenvalue weighted by molar-refractivity contribution is 7.15. The lowest BCUT2D eigenvalue weighted by atomic mass is 10.1. The molecule has 1 amide bonds. The van der Waals surface area contributed by atoms with E-state index in [4.69, 9.17) is 5.73 Å². The molecule has 0 aliphatic rings. The van der Waals surface area contributed by atoms with Crippen molar-refractivity contribution >= 4 is 22.4 Å². The van der Waals surface area contributed by atoms with Gasteiger partial charge >= 0.3 is 0 Å². The Balaban J connectivity index is 1.73. The quantitative estimate of drug-likeness (QED) is 0.694. The van der Waals surface area contributed by atoms with Crippen LogP contribution in [0, 0.1) is 13.8 Å². The lowest BCUT2D eigenvalue weighted by Crippen LogP contribution is -2.29. The van der Waals surface area contributed by atoms with Crippen LogP contribution in [0.4, 0.5) is 5.13 Å². The molecule has 3 rings (SSSR count). The van der Waals surface area contributed by atoms with E-state index in [0.29, 0.717) is 23.0 Å². The van der Waals surface area contributed by atoms with Gasteiger partial charge in [-0.25, -0.2) is 0 Å². The lowest BCUT2D eigenvalue weighted by Gasteiger charge is -2.16. The molecule has 1 aromatic carbocycles. The number of nitrogen functional groups attached to an aromatic ring is 1. The molecule has 0 fully saturated rings. The van der Waals surface area contributed by atoms with Gasteiger partial charge in [-0.3, -0.25) is 9.48 Å². The third kappa shape index (κ3) is 3.91. The lowest BCUT2D eigenvalue weighted by molar-refractivity contribution is -0.121. The molecule has 136 valence electrons. The van der Waals surface area contributed by atoms with Gasteiger partial charge in [-0.1, -0.05) is 41.7 Å². The molecular weight excluding hydrogens is 348 g/mol. The molecule has 0 aliphatic carbocycles. The van der Waals surface area contributed by atoms with E-state index in [2.05, 4.69) is 20.6 Å². The van der Waals surface area contributed by atoms with Gasteiger partial charge in [0, 0.05) is 19.2 Å². The number of amides is 1. The molecule has 0 saturated heterocycles. The molecule has 0 bridgehead atoms. The highest BCUT2D eigenvalue weighted by Crippen LogP contribution is 2.26. The molecule has 2 aromatic heterocycles. The third-order valence-electron chi connectivity index (χ3n) is 4.40. The van der Waals surface area contributed by atoms with Crippen molar-refractivity contribution in [1.82, 2.24) is 25.3 Å². The summed E-state index contributed by atoms with van der Waals surface area (Å²) < 4.78 is 1.85. The van der Waals surface area contributed by atoms with Crippen molar-refractivity contribution in [3.63, 3.8) is 0 Å². The molecule has 0 saturated carbocycles. The van der Waals surface area contributed by atoms with Crippen molar-refractivity contribution in [1.29, 1.82) is 0 Å². The number of hydrogen-bond donors (Lipinski definition) is 2. The zero-order valence-corrected chi connectivity index (χ0v) is 15.9. The molecule has 7 nitrogen and oxygen atoms in total. The molecule has 0 aliphatic heterocycles. The fourth-order valence-corrected chi connectivity index (χ4v) is 3.64. The van der Waals surface area contributed by atoms with E-state index in [1.54, 1.807) is 0 Å². The molecule has 1 atom stereocenters. The van der Waals surface area contributed by atoms with E-state index < -0.39 is 0 Å². The number of carbonyl (C=O) groups excluding carboxylic acids is 1. The van der Waals surface area contributed by atoms with Crippen LogP contribution in [0.25, 0.3) is 0 Å². The maximum absolute atomic E-state index is 12.6. The van der Waals surface area contributed by atoms with Crippen molar-refractivity contribution in [2.45, 2.75) is 32.7 Å². The number of aromatic nitrogens is 4. The number of nitrogens with two attached hydrogens (primary N) is 1. The van der Waals surface area contributed by atoms with Crippen LogP contribution >= 0.6 is 11.3 Å². The van der Waals surface area contributed by atoms with Crippen LogP contribution in [0.2, 0.25) is 0 Å². The number of rotatable bonds is 6. The van der Waals surface area contributed by atoms with Gasteiger partial charge in [0.25, 0.3) is 0 Å². The Hall–Kier alpha value is -2.74. The highest BCUT2D eigenvalue weighted by atomic mass is 32.1. The summed E-state index contributed by atoms with van der Waals surface area (Å²) in [4.78, 5) is 12.6. The Morgan fingerprint density at radius 1 is 1.27 bits per heavy atom. The van der Waals surface area contributed by atoms with Gasteiger partial charge in [-0.15, -0.1) is 10.2 Å². The largest absolute Gasteiger partial charge is 0.374 e. The van der Waals surface area contributed by atoms with E-state index in [-0.39, 0.29) is 11.9 Å². The van der Waals surface area contributed by atoms with E-state index in [0.717, 1.165) is 22.5 Å². The summed E-state index contributed by atoms with van der Waals surface area (Å²) in [6.07, 6.45) is 1.03. The zero-order chi connectivity index (χ0) is 18.7. The number of anilines is 1. The van der Waals surface area contributed by atoms with Gasteiger partial charge < -0.3 is 11.1 Å². The standard InChI is InChI=1S/C18H22N6OS/c1-11-14(12(2)24(3)23-11)9-10-15(25)20-16(13-7-5-4-6-8-13)17-21-22-18(19)26-17/h4-8,16H,9-10H2,1-3H3,(H2,19,22)(H,20,25)/t16-/m1/s1. The van der Waals surface area contributed by atoms with Crippen LogP contribution in [0.5, 0.6) is 0 Å². The topological polar surface area (TPSA) is 98.7 Å². The Kier molecular flexibility index (Phi) is 5.32. The second kappa shape index (κ2) is 7.65. The number of hydrogen-bond acceptors (Lipinski definition) is 6. The molecule has 2 heterocycles. The zero-order valence-electron chi connectivity index (χ0n) is 15.1. The minimum absolute atomic E-state index is 0.0460. The predicted octanol–water partition coefficient (Wildman–Crippen LogP) is 2.31. The van der Waals surface area contributed by atoms with E-state index in [9.17, 15) is 4.79 Å². The summed E-state index contributed by atoms with van der Waals surface area (Å²) in [5.74, 6) is -0.0460. The van der Waals surface area contributed by atoms with Crippen LogP contribution in [-0.4, -0.2) is 25.9 Å². The molecule has 0 radical (unpaired) electrons. The predicted molar refractivity (Wildman–Crippen MR) is 102 cm³/mol. The second-order valence-corrected chi connectivity index (χ2v) is 7.20. The summed E-state index contributed by atoms with van der Waals surface area (Å²) >= 11 is 1.28. The first kappa shape index (κ1) is 18.1. The molecule has 0 spiro atoms. The summed E-state index contributed by atoms with van der Waals surface area (Å²) in [7, 11) is 1.91. The Labute approximate surface area is 156 Å². The SMILES string of the molecule is Cc1nn(C)c(C)c1CCC(=O)N[C@H](c1ccccc1)c1nnc(N)s1. The summed E-state index contributed by atoms with van der Waals surface area (Å²) in [5.41, 5.74) is 9.85. The summed E-state index contributed by atoms with van der Waals surface area (Å²) in [5, 5.41) is 16.5.